The average Bonchev–Trinajstić information content (AvgIpc) is 3.37. The fraction of sp³-hybridized carbons (Fsp3) is 0.125. The third-order valence-corrected chi connectivity index (χ3v) is 7.07. The van der Waals surface area contributed by atoms with Gasteiger partial charge in [-0.2, -0.15) is 5.10 Å². The van der Waals surface area contributed by atoms with Gasteiger partial charge < -0.3 is 10.1 Å². The van der Waals surface area contributed by atoms with Gasteiger partial charge in [-0.3, -0.25) is 18.9 Å². The lowest BCUT2D eigenvalue weighted by molar-refractivity contribution is 0.414. The normalized spacial score (nSPS) is 11.1. The Morgan fingerprint density at radius 3 is 2.21 bits per heavy atom. The lowest BCUT2D eigenvalue weighted by Crippen LogP contribution is -2.38. The molecule has 0 spiro atoms. The van der Waals surface area contributed by atoms with Gasteiger partial charge >= 0.3 is 5.69 Å². The summed E-state index contributed by atoms with van der Waals surface area (Å²) in [5.74, 6) is 0.789. The highest BCUT2D eigenvalue weighted by Crippen LogP contribution is 2.26. The van der Waals surface area contributed by atoms with Crippen molar-refractivity contribution >= 4 is 22.5 Å². The van der Waals surface area contributed by atoms with Crippen molar-refractivity contribution in [1.82, 2.24) is 23.9 Å². The van der Waals surface area contributed by atoms with E-state index in [1.54, 1.807) is 17.9 Å². The van der Waals surface area contributed by atoms with Crippen molar-refractivity contribution in [3.05, 3.63) is 135 Å². The number of fused-ring (bicyclic) bond motifs is 1. The third-order valence-electron chi connectivity index (χ3n) is 7.07. The van der Waals surface area contributed by atoms with Crippen LogP contribution < -0.4 is 21.3 Å². The van der Waals surface area contributed by atoms with Crippen molar-refractivity contribution in [2.24, 2.45) is 7.05 Å². The number of pyridine rings is 1. The van der Waals surface area contributed by atoms with E-state index in [1.807, 2.05) is 78.9 Å². The molecule has 6 rings (SSSR count). The molecule has 9 nitrogen and oxygen atoms in total. The number of hydrogen-bond donors (Lipinski definition) is 1. The van der Waals surface area contributed by atoms with Crippen molar-refractivity contribution in [3.63, 3.8) is 0 Å². The lowest BCUT2D eigenvalue weighted by Gasteiger charge is -2.11. The second-order valence-electron chi connectivity index (χ2n) is 9.84. The van der Waals surface area contributed by atoms with Crippen LogP contribution in [0.5, 0.6) is 5.75 Å². The van der Waals surface area contributed by atoms with E-state index in [-0.39, 0.29) is 12.2 Å². The smallest absolute Gasteiger partial charge is 0.332 e. The number of nitrogens with one attached hydrogen (secondary N) is 1. The fourth-order valence-electron chi connectivity index (χ4n) is 4.82. The minimum Gasteiger partial charge on any atom is -0.497 e. The van der Waals surface area contributed by atoms with Crippen LogP contribution in [0.4, 0.5) is 15.9 Å². The highest BCUT2D eigenvalue weighted by Gasteiger charge is 2.22. The summed E-state index contributed by atoms with van der Waals surface area (Å²) in [6.07, 6.45) is 1.19. The Morgan fingerprint density at radius 2 is 1.55 bits per heavy atom. The summed E-state index contributed by atoms with van der Waals surface area (Å²) in [7, 11) is 3.07. The van der Waals surface area contributed by atoms with E-state index in [0.717, 1.165) is 26.9 Å². The molecule has 0 unspecified atom stereocenters. The summed E-state index contributed by atoms with van der Waals surface area (Å²) >= 11 is 0. The standard InChI is InChI=1S/C32H27FN6O3/c1-37-31(40)28-29(35-25-6-4-3-5-7-25)39(20-22-8-12-23(13-9-22)27-17-14-24(33)18-34-27)36-30(28)38(32(37)41)19-21-10-15-26(42-2)16-11-21/h3-18,35H,19-20H2,1-2H3. The lowest BCUT2D eigenvalue weighted by atomic mass is 10.1. The van der Waals surface area contributed by atoms with Gasteiger partial charge in [0.2, 0.25) is 0 Å². The number of para-hydroxylation sites is 1. The van der Waals surface area contributed by atoms with Gasteiger partial charge in [0.25, 0.3) is 5.56 Å². The molecule has 0 radical (unpaired) electrons. The zero-order chi connectivity index (χ0) is 29.2. The summed E-state index contributed by atoms with van der Waals surface area (Å²) in [6.45, 7) is 0.537. The Labute approximate surface area is 240 Å². The first-order valence-electron chi connectivity index (χ1n) is 13.3. The SMILES string of the molecule is COc1ccc(Cn2c(=O)n(C)c(=O)c3c(Nc4ccccc4)n(Cc4ccc(-c5ccc(F)cn5)cc4)nc32)cc1. The van der Waals surface area contributed by atoms with Crippen molar-refractivity contribution in [3.8, 4) is 17.0 Å². The molecule has 42 heavy (non-hydrogen) atoms. The first kappa shape index (κ1) is 26.7. The number of benzene rings is 3. The van der Waals surface area contributed by atoms with Crippen LogP contribution in [0.25, 0.3) is 22.3 Å². The molecular weight excluding hydrogens is 535 g/mol. The molecule has 0 amide bonds. The monoisotopic (exact) mass is 562 g/mol. The van der Waals surface area contributed by atoms with Crippen LogP contribution in [0.1, 0.15) is 11.1 Å². The third kappa shape index (κ3) is 5.17. The highest BCUT2D eigenvalue weighted by molar-refractivity contribution is 5.89. The Bertz CT molecular complexity index is 1980. The quantitative estimate of drug-likeness (QED) is 0.282. The van der Waals surface area contributed by atoms with Gasteiger partial charge in [-0.1, -0.05) is 54.6 Å². The molecule has 0 bridgehead atoms. The van der Waals surface area contributed by atoms with Gasteiger partial charge in [-0.25, -0.2) is 13.9 Å². The summed E-state index contributed by atoms with van der Waals surface area (Å²) in [5.41, 5.74) is 3.41. The second-order valence-corrected chi connectivity index (χ2v) is 9.84. The number of anilines is 2. The number of halogens is 1. The predicted molar refractivity (Wildman–Crippen MR) is 160 cm³/mol. The molecule has 1 N–H and O–H groups in total. The molecule has 0 saturated carbocycles. The van der Waals surface area contributed by atoms with Gasteiger partial charge in [0.1, 0.15) is 22.8 Å². The second kappa shape index (κ2) is 11.2. The van der Waals surface area contributed by atoms with Crippen LogP contribution in [-0.2, 0) is 20.1 Å². The van der Waals surface area contributed by atoms with Gasteiger partial charge in [0.15, 0.2) is 5.65 Å². The molecule has 210 valence electrons. The van der Waals surface area contributed by atoms with E-state index in [1.165, 1.54) is 23.9 Å². The summed E-state index contributed by atoms with van der Waals surface area (Å²) < 4.78 is 22.9. The molecule has 0 aliphatic carbocycles. The van der Waals surface area contributed by atoms with Gasteiger partial charge in [0, 0.05) is 18.3 Å². The number of ether oxygens (including phenoxy) is 1. The maximum atomic E-state index is 13.5. The van der Waals surface area contributed by atoms with Gasteiger partial charge in [-0.15, -0.1) is 0 Å². The first-order valence-corrected chi connectivity index (χ1v) is 13.3. The summed E-state index contributed by atoms with van der Waals surface area (Å²) in [5, 5.41) is 8.48. The van der Waals surface area contributed by atoms with E-state index in [2.05, 4.69) is 10.3 Å². The molecule has 0 aliphatic heterocycles. The molecule has 3 aromatic heterocycles. The Kier molecular flexibility index (Phi) is 7.10. The fourth-order valence-corrected chi connectivity index (χ4v) is 4.82. The topological polar surface area (TPSA) is 96.0 Å². The van der Waals surface area contributed by atoms with Crippen LogP contribution >= 0.6 is 0 Å². The van der Waals surface area contributed by atoms with Crippen molar-refractivity contribution in [1.29, 1.82) is 0 Å². The molecule has 10 heteroatoms. The van der Waals surface area contributed by atoms with Crippen LogP contribution in [0.3, 0.4) is 0 Å². The molecule has 0 fully saturated rings. The van der Waals surface area contributed by atoms with Crippen LogP contribution in [0, 0.1) is 5.82 Å². The molecule has 0 saturated heterocycles. The number of hydrogen-bond acceptors (Lipinski definition) is 6. The van der Waals surface area contributed by atoms with E-state index in [0.29, 0.717) is 29.2 Å². The number of methoxy groups -OCH3 is 1. The highest BCUT2D eigenvalue weighted by atomic mass is 19.1. The Morgan fingerprint density at radius 1 is 0.857 bits per heavy atom. The Balaban J connectivity index is 1.46. The molecule has 0 aliphatic rings. The van der Waals surface area contributed by atoms with Crippen LogP contribution in [-0.4, -0.2) is 31.0 Å². The number of rotatable bonds is 8. The summed E-state index contributed by atoms with van der Waals surface area (Å²) in [6, 6.07) is 27.6. The zero-order valence-electron chi connectivity index (χ0n) is 23.0. The molecule has 0 atom stereocenters. The zero-order valence-corrected chi connectivity index (χ0v) is 23.0. The maximum Gasteiger partial charge on any atom is 0.332 e. The minimum absolute atomic E-state index is 0.217. The van der Waals surface area contributed by atoms with Crippen LogP contribution in [0.15, 0.2) is 107 Å². The minimum atomic E-state index is -0.463. The van der Waals surface area contributed by atoms with Gasteiger partial charge in [-0.05, 0) is 47.5 Å². The van der Waals surface area contributed by atoms with Crippen molar-refractivity contribution in [2.45, 2.75) is 13.1 Å². The van der Waals surface area contributed by atoms with Crippen molar-refractivity contribution < 1.29 is 9.13 Å². The number of nitrogens with zero attached hydrogens (tertiary/aromatic N) is 5. The first-order chi connectivity index (χ1) is 20.4. The van der Waals surface area contributed by atoms with E-state index < -0.39 is 17.1 Å². The largest absolute Gasteiger partial charge is 0.497 e. The van der Waals surface area contributed by atoms with Crippen LogP contribution in [0.2, 0.25) is 0 Å². The summed E-state index contributed by atoms with van der Waals surface area (Å²) in [4.78, 5) is 31.1. The molecule has 3 aromatic carbocycles. The van der Waals surface area contributed by atoms with E-state index in [9.17, 15) is 14.0 Å². The Hall–Kier alpha value is -5.51. The van der Waals surface area contributed by atoms with E-state index in [4.69, 9.17) is 9.84 Å². The average molecular weight is 563 g/mol. The molecular formula is C32H27FN6O3. The maximum absolute atomic E-state index is 13.5. The van der Waals surface area contributed by atoms with Crippen molar-refractivity contribution in [2.75, 3.05) is 12.4 Å². The predicted octanol–water partition coefficient (Wildman–Crippen LogP) is 4.95. The molecule has 6 aromatic rings. The number of aromatic nitrogens is 5. The molecule has 3 heterocycles. The van der Waals surface area contributed by atoms with E-state index >= 15 is 0 Å². The van der Waals surface area contributed by atoms with Gasteiger partial charge in [0.05, 0.1) is 32.1 Å².